The van der Waals surface area contributed by atoms with Gasteiger partial charge in [0.15, 0.2) is 0 Å². The van der Waals surface area contributed by atoms with E-state index in [9.17, 15) is 0 Å². The molecule has 0 radical (unpaired) electrons. The van der Waals surface area contributed by atoms with Crippen LogP contribution in [0.2, 0.25) is 0 Å². The van der Waals surface area contributed by atoms with Crippen LogP contribution in [0.3, 0.4) is 0 Å². The van der Waals surface area contributed by atoms with Crippen LogP contribution < -0.4 is 0 Å². The summed E-state index contributed by atoms with van der Waals surface area (Å²) < 4.78 is 8.00. The second-order valence-electron chi connectivity index (χ2n) is 5.71. The maximum absolute atomic E-state index is 5.91. The van der Waals surface area contributed by atoms with E-state index in [0.717, 1.165) is 44.9 Å². The van der Waals surface area contributed by atoms with E-state index in [1.165, 1.54) is 5.56 Å². The molecule has 3 rings (SSSR count). The summed E-state index contributed by atoms with van der Waals surface area (Å²) in [7, 11) is 2.05. The van der Waals surface area contributed by atoms with Crippen LogP contribution in [0.25, 0.3) is 0 Å². The first-order valence-electron chi connectivity index (χ1n) is 7.65. The van der Waals surface area contributed by atoms with E-state index in [-0.39, 0.29) is 0 Å². The van der Waals surface area contributed by atoms with Crippen molar-refractivity contribution in [3.05, 3.63) is 54.1 Å². The van der Waals surface area contributed by atoms with E-state index in [4.69, 9.17) is 4.74 Å². The van der Waals surface area contributed by atoms with Crippen LogP contribution in [-0.4, -0.2) is 40.3 Å². The van der Waals surface area contributed by atoms with Crippen molar-refractivity contribution in [1.29, 1.82) is 0 Å². The van der Waals surface area contributed by atoms with Crippen molar-refractivity contribution in [3.8, 4) is 0 Å². The molecular weight excluding hydrogens is 262 g/mol. The smallest absolute Gasteiger partial charge is 0.122 e. The van der Waals surface area contributed by atoms with Gasteiger partial charge in [0.25, 0.3) is 0 Å². The molecule has 0 bridgehead atoms. The molecule has 2 heterocycles. The van der Waals surface area contributed by atoms with Crippen molar-refractivity contribution in [1.82, 2.24) is 14.5 Å². The highest BCUT2D eigenvalue weighted by Gasteiger charge is 2.21. The Morgan fingerprint density at radius 3 is 2.90 bits per heavy atom. The Balaban J connectivity index is 1.50. The summed E-state index contributed by atoms with van der Waals surface area (Å²) in [5.74, 6) is 1.12. The standard InChI is InChI=1S/C17H23N3O/c1-19-10-9-18-17(19)14-20-11-12-21-16(13-20)8-7-15-5-3-2-4-6-15/h2-6,9-10,16H,7-8,11-14H2,1H3/t16-/m0/s1. The van der Waals surface area contributed by atoms with Gasteiger partial charge in [-0.25, -0.2) is 4.98 Å². The lowest BCUT2D eigenvalue weighted by Crippen LogP contribution is -2.42. The number of benzene rings is 1. The molecule has 0 saturated carbocycles. The molecule has 2 aromatic rings. The molecule has 0 spiro atoms. The number of imidazole rings is 1. The molecule has 4 heteroatoms. The van der Waals surface area contributed by atoms with Crippen molar-refractivity contribution in [2.75, 3.05) is 19.7 Å². The summed E-state index contributed by atoms with van der Waals surface area (Å²) in [5.41, 5.74) is 1.39. The summed E-state index contributed by atoms with van der Waals surface area (Å²) >= 11 is 0. The van der Waals surface area contributed by atoms with Gasteiger partial charge in [0, 0.05) is 32.5 Å². The van der Waals surface area contributed by atoms with Crippen molar-refractivity contribution < 1.29 is 4.74 Å². The fourth-order valence-electron chi connectivity index (χ4n) is 2.82. The zero-order valence-corrected chi connectivity index (χ0v) is 12.6. The summed E-state index contributed by atoms with van der Waals surface area (Å²) in [6.07, 6.45) is 6.37. The van der Waals surface area contributed by atoms with E-state index in [1.807, 2.05) is 12.4 Å². The highest BCUT2D eigenvalue weighted by molar-refractivity contribution is 5.14. The second kappa shape index (κ2) is 6.87. The third-order valence-corrected chi connectivity index (χ3v) is 4.11. The quantitative estimate of drug-likeness (QED) is 0.844. The summed E-state index contributed by atoms with van der Waals surface area (Å²) in [6.45, 7) is 3.73. The lowest BCUT2D eigenvalue weighted by molar-refractivity contribution is -0.0355. The van der Waals surface area contributed by atoms with Crippen molar-refractivity contribution >= 4 is 0 Å². The minimum absolute atomic E-state index is 0.333. The topological polar surface area (TPSA) is 30.3 Å². The van der Waals surface area contributed by atoms with Crippen LogP contribution in [0, 0.1) is 0 Å². The molecule has 112 valence electrons. The Bertz CT molecular complexity index is 552. The first kappa shape index (κ1) is 14.3. The molecule has 21 heavy (non-hydrogen) atoms. The lowest BCUT2D eigenvalue weighted by Gasteiger charge is -2.32. The van der Waals surface area contributed by atoms with Gasteiger partial charge in [-0.2, -0.15) is 0 Å². The summed E-state index contributed by atoms with van der Waals surface area (Å²) in [5, 5.41) is 0. The third-order valence-electron chi connectivity index (χ3n) is 4.11. The van der Waals surface area contributed by atoms with Gasteiger partial charge in [0.05, 0.1) is 19.3 Å². The van der Waals surface area contributed by atoms with Gasteiger partial charge in [-0.15, -0.1) is 0 Å². The number of nitrogens with zero attached hydrogens (tertiary/aromatic N) is 3. The van der Waals surface area contributed by atoms with Crippen LogP contribution in [0.1, 0.15) is 17.8 Å². The molecular formula is C17H23N3O. The number of aromatic nitrogens is 2. The normalized spacial score (nSPS) is 19.8. The molecule has 1 aromatic carbocycles. The SMILES string of the molecule is Cn1ccnc1CN1CCO[C@@H](CCc2ccccc2)C1. The van der Waals surface area contributed by atoms with Gasteiger partial charge in [-0.3, -0.25) is 4.90 Å². The third kappa shape index (κ3) is 3.93. The Morgan fingerprint density at radius 2 is 2.14 bits per heavy atom. The molecule has 4 nitrogen and oxygen atoms in total. The van der Waals surface area contributed by atoms with Gasteiger partial charge < -0.3 is 9.30 Å². The maximum atomic E-state index is 5.91. The highest BCUT2D eigenvalue weighted by Crippen LogP contribution is 2.14. The summed E-state index contributed by atoms with van der Waals surface area (Å²) in [6, 6.07) is 10.6. The number of rotatable bonds is 5. The number of hydrogen-bond acceptors (Lipinski definition) is 3. The molecule has 1 fully saturated rings. The van der Waals surface area contributed by atoms with Gasteiger partial charge in [0.1, 0.15) is 5.82 Å². The molecule has 1 atom stereocenters. The molecule has 0 aliphatic carbocycles. The molecule has 1 aliphatic heterocycles. The van der Waals surface area contributed by atoms with E-state index in [2.05, 4.69) is 51.8 Å². The zero-order chi connectivity index (χ0) is 14.5. The van der Waals surface area contributed by atoms with Crippen LogP contribution in [0.4, 0.5) is 0 Å². The predicted octanol–water partition coefficient (Wildman–Crippen LogP) is 2.25. The molecule has 0 unspecified atom stereocenters. The van der Waals surface area contributed by atoms with E-state index in [0.29, 0.717) is 6.10 Å². The molecule has 1 aliphatic rings. The van der Waals surface area contributed by atoms with Gasteiger partial charge in [-0.1, -0.05) is 30.3 Å². The molecule has 1 aromatic heterocycles. The Labute approximate surface area is 126 Å². The van der Waals surface area contributed by atoms with Gasteiger partial charge in [0.2, 0.25) is 0 Å². The molecule has 0 N–H and O–H groups in total. The van der Waals surface area contributed by atoms with Crippen LogP contribution in [0.5, 0.6) is 0 Å². The van der Waals surface area contributed by atoms with E-state index in [1.54, 1.807) is 0 Å². The fourth-order valence-corrected chi connectivity index (χ4v) is 2.82. The van der Waals surface area contributed by atoms with Crippen molar-refractivity contribution in [2.24, 2.45) is 7.05 Å². The monoisotopic (exact) mass is 285 g/mol. The van der Waals surface area contributed by atoms with Crippen molar-refractivity contribution in [3.63, 3.8) is 0 Å². The summed E-state index contributed by atoms with van der Waals surface area (Å²) in [4.78, 5) is 6.85. The average Bonchev–Trinajstić information content (AvgIpc) is 2.92. The van der Waals surface area contributed by atoms with Crippen LogP contribution in [-0.2, 0) is 24.8 Å². The molecule has 0 amide bonds. The van der Waals surface area contributed by atoms with Crippen LogP contribution in [0.15, 0.2) is 42.7 Å². The molecule has 1 saturated heterocycles. The number of hydrogen-bond donors (Lipinski definition) is 0. The Hall–Kier alpha value is -1.65. The first-order chi connectivity index (χ1) is 10.3. The maximum Gasteiger partial charge on any atom is 0.122 e. The average molecular weight is 285 g/mol. The second-order valence-corrected chi connectivity index (χ2v) is 5.71. The fraction of sp³-hybridized carbons (Fsp3) is 0.471. The number of ether oxygens (including phenoxy) is 1. The predicted molar refractivity (Wildman–Crippen MR) is 83.0 cm³/mol. The first-order valence-corrected chi connectivity index (χ1v) is 7.65. The number of aryl methyl sites for hydroxylation is 2. The minimum Gasteiger partial charge on any atom is -0.376 e. The Morgan fingerprint density at radius 1 is 1.29 bits per heavy atom. The highest BCUT2D eigenvalue weighted by atomic mass is 16.5. The van der Waals surface area contributed by atoms with Gasteiger partial charge >= 0.3 is 0 Å². The van der Waals surface area contributed by atoms with Gasteiger partial charge in [-0.05, 0) is 18.4 Å². The van der Waals surface area contributed by atoms with Crippen LogP contribution >= 0.6 is 0 Å². The van der Waals surface area contributed by atoms with E-state index >= 15 is 0 Å². The minimum atomic E-state index is 0.333. The van der Waals surface area contributed by atoms with Crippen molar-refractivity contribution in [2.45, 2.75) is 25.5 Å². The lowest BCUT2D eigenvalue weighted by atomic mass is 10.1. The van der Waals surface area contributed by atoms with E-state index < -0.39 is 0 Å². The zero-order valence-electron chi connectivity index (χ0n) is 12.6. The Kier molecular flexibility index (Phi) is 4.68. The number of morpholine rings is 1. The largest absolute Gasteiger partial charge is 0.376 e.